The highest BCUT2D eigenvalue weighted by Gasteiger charge is 2.57. The molecule has 5 rings (SSSR count). The minimum absolute atomic E-state index is 0.0243. The molecule has 0 fully saturated rings. The molecule has 0 radical (unpaired) electrons. The lowest BCUT2D eigenvalue weighted by atomic mass is 9.83. The van der Waals surface area contributed by atoms with Gasteiger partial charge in [0, 0.05) is 28.3 Å². The van der Waals surface area contributed by atoms with Crippen LogP contribution in [0.3, 0.4) is 0 Å². The van der Waals surface area contributed by atoms with Crippen molar-refractivity contribution in [2.45, 2.75) is 30.3 Å². The summed E-state index contributed by atoms with van der Waals surface area (Å²) in [6, 6.07) is 10.4. The SMILES string of the molecule is COc1cc(C(=O)NC[C@](O)(c2cc3c(c(-c4ccc(C(F)(F)F)cc4)n2)OC[C@]3(C)CO)C(F)(F)F)cc2cccnc12. The number of ether oxygens (including phenoxy) is 2. The predicted octanol–water partition coefficient (Wildman–Crippen LogP) is 5.15. The number of fused-ring (bicyclic) bond motifs is 2. The van der Waals surface area contributed by atoms with Gasteiger partial charge in [0.05, 0.1) is 36.9 Å². The Labute approximate surface area is 246 Å². The van der Waals surface area contributed by atoms with E-state index in [1.165, 1.54) is 32.4 Å². The van der Waals surface area contributed by atoms with Crippen LogP contribution in [0.4, 0.5) is 26.3 Å². The summed E-state index contributed by atoms with van der Waals surface area (Å²) >= 11 is 0. The fraction of sp³-hybridized carbons (Fsp3) is 0.300. The van der Waals surface area contributed by atoms with E-state index >= 15 is 0 Å². The first-order valence-corrected chi connectivity index (χ1v) is 13.1. The van der Waals surface area contributed by atoms with E-state index in [1.54, 1.807) is 12.1 Å². The molecular formula is C30H25F6N3O5. The Morgan fingerprint density at radius 2 is 1.80 bits per heavy atom. The van der Waals surface area contributed by atoms with Gasteiger partial charge in [-0.15, -0.1) is 0 Å². The summed E-state index contributed by atoms with van der Waals surface area (Å²) < 4.78 is 94.3. The molecule has 2 aromatic carbocycles. The number of nitrogens with one attached hydrogen (secondary N) is 1. The molecule has 3 heterocycles. The van der Waals surface area contributed by atoms with Gasteiger partial charge in [-0.2, -0.15) is 26.3 Å². The summed E-state index contributed by atoms with van der Waals surface area (Å²) in [6.07, 6.45) is -8.55. The van der Waals surface area contributed by atoms with Crippen molar-refractivity contribution < 1.29 is 50.8 Å². The standard InChI is InChI=1S/C30H25F6N3O5/c1-27(14-40)15-44-25-20(27)12-22(39-24(25)16-5-7-19(8-6-16)29(31,32)33)28(42,30(34,35)36)13-38-26(41)18-10-17-4-3-9-37-23(17)21(11-18)43-2/h3-12,40,42H,13-15H2,1-2H3,(H,38,41)/t27-,28-/m0/s1. The van der Waals surface area contributed by atoms with Crippen molar-refractivity contribution in [1.29, 1.82) is 0 Å². The third-order valence-electron chi connectivity index (χ3n) is 7.54. The van der Waals surface area contributed by atoms with Crippen LogP contribution >= 0.6 is 0 Å². The van der Waals surface area contributed by atoms with E-state index in [4.69, 9.17) is 9.47 Å². The molecule has 0 unspecified atom stereocenters. The van der Waals surface area contributed by atoms with Crippen LogP contribution in [0.1, 0.15) is 34.1 Å². The van der Waals surface area contributed by atoms with Crippen LogP contribution in [0.5, 0.6) is 11.5 Å². The minimum atomic E-state index is -5.39. The summed E-state index contributed by atoms with van der Waals surface area (Å²) in [5.74, 6) is -0.816. The number of methoxy groups -OCH3 is 1. The van der Waals surface area contributed by atoms with E-state index in [9.17, 15) is 41.4 Å². The molecule has 0 bridgehead atoms. The van der Waals surface area contributed by atoms with Gasteiger partial charge in [-0.05, 0) is 43.3 Å². The first-order chi connectivity index (χ1) is 20.6. The van der Waals surface area contributed by atoms with E-state index in [0.717, 1.165) is 30.3 Å². The molecule has 1 amide bonds. The van der Waals surface area contributed by atoms with E-state index < -0.39 is 53.7 Å². The smallest absolute Gasteiger partial charge is 0.424 e. The lowest BCUT2D eigenvalue weighted by molar-refractivity contribution is -0.265. The molecule has 0 saturated heterocycles. The molecule has 44 heavy (non-hydrogen) atoms. The maximum absolute atomic E-state index is 14.6. The van der Waals surface area contributed by atoms with Gasteiger partial charge in [-0.1, -0.05) is 18.2 Å². The summed E-state index contributed by atoms with van der Waals surface area (Å²) in [5, 5.41) is 23.8. The van der Waals surface area contributed by atoms with Gasteiger partial charge in [0.1, 0.15) is 29.3 Å². The average molecular weight is 622 g/mol. The van der Waals surface area contributed by atoms with Crippen molar-refractivity contribution in [2.24, 2.45) is 0 Å². The molecule has 3 N–H and O–H groups in total. The highest BCUT2D eigenvalue weighted by atomic mass is 19.4. The second-order valence-corrected chi connectivity index (χ2v) is 10.6. The average Bonchev–Trinajstić information content (AvgIpc) is 3.34. The first-order valence-electron chi connectivity index (χ1n) is 13.1. The Kier molecular flexibility index (Phi) is 7.70. The molecule has 14 heteroatoms. The highest BCUT2D eigenvalue weighted by molar-refractivity contribution is 5.99. The van der Waals surface area contributed by atoms with Gasteiger partial charge in [0.15, 0.2) is 0 Å². The molecule has 0 aliphatic carbocycles. The molecule has 0 saturated carbocycles. The third-order valence-corrected chi connectivity index (χ3v) is 7.54. The van der Waals surface area contributed by atoms with Gasteiger partial charge < -0.3 is 25.0 Å². The van der Waals surface area contributed by atoms with Crippen LogP contribution in [-0.4, -0.2) is 59.1 Å². The predicted molar refractivity (Wildman–Crippen MR) is 145 cm³/mol. The summed E-state index contributed by atoms with van der Waals surface area (Å²) in [6.45, 7) is -0.597. The Morgan fingerprint density at radius 3 is 2.41 bits per heavy atom. The van der Waals surface area contributed by atoms with Crippen molar-refractivity contribution in [3.05, 3.63) is 83.2 Å². The van der Waals surface area contributed by atoms with Crippen molar-refractivity contribution in [3.63, 3.8) is 0 Å². The summed E-state index contributed by atoms with van der Waals surface area (Å²) in [5.41, 5.74) is -6.83. The second-order valence-electron chi connectivity index (χ2n) is 10.6. The number of nitrogens with zero attached hydrogens (tertiary/aromatic N) is 2. The number of pyridine rings is 2. The maximum atomic E-state index is 14.6. The van der Waals surface area contributed by atoms with Gasteiger partial charge in [0.25, 0.3) is 5.91 Å². The number of halogens is 6. The first kappa shape index (κ1) is 31.0. The van der Waals surface area contributed by atoms with Gasteiger partial charge >= 0.3 is 12.4 Å². The number of amides is 1. The fourth-order valence-electron chi connectivity index (χ4n) is 4.88. The van der Waals surface area contributed by atoms with Gasteiger partial charge in [-0.25, -0.2) is 4.98 Å². The van der Waals surface area contributed by atoms with Gasteiger partial charge in [0.2, 0.25) is 5.60 Å². The quantitative estimate of drug-likeness (QED) is 0.245. The number of carbonyl (C=O) groups is 1. The van der Waals surface area contributed by atoms with E-state index in [2.05, 4.69) is 15.3 Å². The maximum Gasteiger partial charge on any atom is 0.424 e. The van der Waals surface area contributed by atoms with Crippen LogP contribution in [0.2, 0.25) is 0 Å². The molecular weight excluding hydrogens is 596 g/mol. The monoisotopic (exact) mass is 621 g/mol. The topological polar surface area (TPSA) is 114 Å². The Hall–Kier alpha value is -4.43. The van der Waals surface area contributed by atoms with Crippen LogP contribution in [0.25, 0.3) is 22.2 Å². The van der Waals surface area contributed by atoms with Crippen LogP contribution in [0, 0.1) is 0 Å². The Balaban J connectivity index is 1.57. The molecule has 1 aliphatic heterocycles. The van der Waals surface area contributed by atoms with E-state index in [1.807, 2.05) is 0 Å². The van der Waals surface area contributed by atoms with Crippen LogP contribution in [0.15, 0.2) is 60.8 Å². The fourth-order valence-corrected chi connectivity index (χ4v) is 4.88. The number of benzene rings is 2. The molecule has 2 aromatic heterocycles. The number of aromatic nitrogens is 2. The number of hydrogen-bond donors (Lipinski definition) is 3. The summed E-state index contributed by atoms with van der Waals surface area (Å²) in [7, 11) is 1.34. The highest BCUT2D eigenvalue weighted by Crippen LogP contribution is 2.48. The van der Waals surface area contributed by atoms with Crippen molar-refractivity contribution >= 4 is 16.8 Å². The number of rotatable bonds is 7. The van der Waals surface area contributed by atoms with Gasteiger partial charge in [-0.3, -0.25) is 9.78 Å². The van der Waals surface area contributed by atoms with E-state index in [0.29, 0.717) is 10.9 Å². The lowest BCUT2D eigenvalue weighted by Gasteiger charge is -2.31. The normalized spacial score (nSPS) is 18.0. The third kappa shape index (κ3) is 5.39. The van der Waals surface area contributed by atoms with Crippen molar-refractivity contribution in [2.75, 3.05) is 26.9 Å². The van der Waals surface area contributed by atoms with Crippen molar-refractivity contribution in [1.82, 2.24) is 15.3 Å². The zero-order valence-corrected chi connectivity index (χ0v) is 23.2. The largest absolute Gasteiger partial charge is 0.494 e. The number of aliphatic hydroxyl groups is 2. The molecule has 8 nitrogen and oxygen atoms in total. The molecule has 1 aliphatic rings. The van der Waals surface area contributed by atoms with Crippen molar-refractivity contribution in [3.8, 4) is 22.8 Å². The van der Waals surface area contributed by atoms with E-state index in [-0.39, 0.29) is 40.5 Å². The molecule has 2 atom stereocenters. The van der Waals surface area contributed by atoms with Crippen LogP contribution < -0.4 is 14.8 Å². The number of alkyl halides is 6. The summed E-state index contributed by atoms with van der Waals surface area (Å²) in [4.78, 5) is 21.3. The molecule has 4 aromatic rings. The minimum Gasteiger partial charge on any atom is -0.494 e. The zero-order valence-electron chi connectivity index (χ0n) is 23.2. The Bertz CT molecular complexity index is 1730. The molecule has 232 valence electrons. The van der Waals surface area contributed by atoms with Crippen LogP contribution in [-0.2, 0) is 17.2 Å². The Morgan fingerprint density at radius 1 is 1.09 bits per heavy atom. The zero-order chi connectivity index (χ0) is 32.1. The lowest BCUT2D eigenvalue weighted by Crippen LogP contribution is -2.51. The number of aliphatic hydroxyl groups excluding tert-OH is 1. The number of carbonyl (C=O) groups excluding carboxylic acids is 1. The second kappa shape index (κ2) is 10.9. The molecule has 0 spiro atoms. The number of hydrogen-bond acceptors (Lipinski definition) is 7.